The number of piperidine rings is 1. The van der Waals surface area contributed by atoms with Crippen LogP contribution >= 0.6 is 0 Å². The number of carbonyl (C=O) groups excluding carboxylic acids is 7. The van der Waals surface area contributed by atoms with Crippen molar-refractivity contribution in [1.82, 2.24) is 25.0 Å². The fraction of sp³-hybridized carbons (Fsp3) is 0.292. The Labute approximate surface area is 382 Å². The largest absolute Gasteiger partial charge is 0.493 e. The standard InChI is InChI=1S/C48H45FN8O10/c1-65-38-25-33-35(50-18-15-37(33)67-31-11-9-30(10-12-31)53-47(64)48(16-17-48)46(63)52-29-7-5-28(49)6-8-29)26-39(38)66-24-23-55-19-21-56(22-20-55)41(59)27-51-34-4-2-3-32-42(34)45(62)57(44(32)61)36-13-14-40(58)54-43(36)60/h2-12,15,18,25-26,36,51H,13-14,16-17,19-24,27H2,1H3,(H,52,63)(H,53,64)(H,54,58,60). The second-order valence-corrected chi connectivity index (χ2v) is 16.6. The molecule has 1 aromatic heterocycles. The van der Waals surface area contributed by atoms with Gasteiger partial charge < -0.3 is 35.1 Å². The lowest BCUT2D eigenvalue weighted by atomic mass is 10.0. The molecular weight excluding hydrogens is 868 g/mol. The van der Waals surface area contributed by atoms with Gasteiger partial charge in [0.25, 0.3) is 11.8 Å². The second-order valence-electron chi connectivity index (χ2n) is 16.6. The molecule has 9 rings (SSSR count). The predicted molar refractivity (Wildman–Crippen MR) is 240 cm³/mol. The van der Waals surface area contributed by atoms with Gasteiger partial charge in [-0.2, -0.15) is 0 Å². The molecule has 0 bridgehead atoms. The van der Waals surface area contributed by atoms with Gasteiger partial charge in [0.15, 0.2) is 11.5 Å². The van der Waals surface area contributed by atoms with Crippen LogP contribution in [0.25, 0.3) is 10.9 Å². The molecule has 0 radical (unpaired) electrons. The van der Waals surface area contributed by atoms with E-state index >= 15 is 0 Å². The molecule has 3 aliphatic heterocycles. The summed E-state index contributed by atoms with van der Waals surface area (Å²) in [4.78, 5) is 99.5. The van der Waals surface area contributed by atoms with Crippen molar-refractivity contribution in [2.24, 2.45) is 5.41 Å². The Morgan fingerprint density at radius 1 is 0.836 bits per heavy atom. The van der Waals surface area contributed by atoms with Crippen molar-refractivity contribution in [3.63, 3.8) is 0 Å². The highest BCUT2D eigenvalue weighted by molar-refractivity contribution is 6.25. The van der Waals surface area contributed by atoms with Crippen LogP contribution in [-0.2, 0) is 24.0 Å². The van der Waals surface area contributed by atoms with Gasteiger partial charge in [0.2, 0.25) is 29.5 Å². The fourth-order valence-corrected chi connectivity index (χ4v) is 8.39. The number of nitrogens with one attached hydrogen (secondary N) is 4. The lowest BCUT2D eigenvalue weighted by molar-refractivity contribution is -0.136. The SMILES string of the molecule is COc1cc2c(Oc3ccc(NC(=O)C4(C(=O)Nc5ccc(F)cc5)CC4)cc3)ccnc2cc1OCCN1CCN(C(=O)CNc2cccc3c2C(=O)N(C2CCC(=O)NC2=O)C3=O)CC1. The van der Waals surface area contributed by atoms with Gasteiger partial charge in [-0.15, -0.1) is 0 Å². The van der Waals surface area contributed by atoms with Crippen LogP contribution in [0.5, 0.6) is 23.0 Å². The molecule has 4 N–H and O–H groups in total. The van der Waals surface area contributed by atoms with E-state index in [-0.39, 0.29) is 36.4 Å². The van der Waals surface area contributed by atoms with Crippen LogP contribution in [0.4, 0.5) is 21.5 Å². The van der Waals surface area contributed by atoms with E-state index in [1.807, 2.05) is 0 Å². The second kappa shape index (κ2) is 18.5. The third-order valence-corrected chi connectivity index (χ3v) is 12.3. The molecule has 5 aromatic rings. The first-order valence-corrected chi connectivity index (χ1v) is 21.8. The van der Waals surface area contributed by atoms with E-state index in [0.717, 1.165) is 4.90 Å². The number of rotatable bonds is 15. The predicted octanol–water partition coefficient (Wildman–Crippen LogP) is 4.57. The number of hydrogen-bond donors (Lipinski definition) is 4. The Balaban J connectivity index is 0.744. The first kappa shape index (κ1) is 44.3. The molecule has 1 aliphatic carbocycles. The number of anilines is 3. The van der Waals surface area contributed by atoms with Crippen LogP contribution in [-0.4, -0.2) is 120 Å². The van der Waals surface area contributed by atoms with E-state index in [2.05, 4.69) is 31.2 Å². The lowest BCUT2D eigenvalue weighted by Gasteiger charge is -2.34. The lowest BCUT2D eigenvalue weighted by Crippen LogP contribution is -2.54. The van der Waals surface area contributed by atoms with Crippen molar-refractivity contribution in [3.8, 4) is 23.0 Å². The number of amides is 7. The summed E-state index contributed by atoms with van der Waals surface area (Å²) >= 11 is 0. The smallest absolute Gasteiger partial charge is 0.264 e. The van der Waals surface area contributed by atoms with Crippen molar-refractivity contribution in [3.05, 3.63) is 108 Å². The molecule has 4 aliphatic rings. The molecule has 2 saturated heterocycles. The van der Waals surface area contributed by atoms with Gasteiger partial charge in [-0.1, -0.05) is 6.07 Å². The third-order valence-electron chi connectivity index (χ3n) is 12.3. The van der Waals surface area contributed by atoms with E-state index in [0.29, 0.717) is 103 Å². The molecule has 1 unspecified atom stereocenters. The average molecular weight is 913 g/mol. The first-order valence-electron chi connectivity index (χ1n) is 21.8. The normalized spacial score (nSPS) is 17.7. The molecule has 344 valence electrons. The topological polar surface area (TPSA) is 218 Å². The number of halogens is 1. The number of hydrogen-bond acceptors (Lipinski definition) is 13. The Hall–Kier alpha value is -7.93. The summed E-state index contributed by atoms with van der Waals surface area (Å²) < 4.78 is 31.4. The number of fused-ring (bicyclic) bond motifs is 2. The maximum absolute atomic E-state index is 13.4. The van der Waals surface area contributed by atoms with Crippen molar-refractivity contribution in [1.29, 1.82) is 0 Å². The molecule has 18 nitrogen and oxygen atoms in total. The van der Waals surface area contributed by atoms with Gasteiger partial charge in [-0.05, 0) is 92.1 Å². The number of pyridine rings is 1. The van der Waals surface area contributed by atoms with Crippen molar-refractivity contribution < 1.29 is 52.2 Å². The number of benzene rings is 4. The monoisotopic (exact) mass is 912 g/mol. The van der Waals surface area contributed by atoms with Gasteiger partial charge >= 0.3 is 0 Å². The summed E-state index contributed by atoms with van der Waals surface area (Å²) in [5.74, 6) is -1.93. The van der Waals surface area contributed by atoms with Crippen LogP contribution in [0.1, 0.15) is 46.4 Å². The molecule has 4 aromatic carbocycles. The summed E-state index contributed by atoms with van der Waals surface area (Å²) in [6.07, 6.45) is 2.48. The molecule has 0 spiro atoms. The number of methoxy groups -OCH3 is 1. The van der Waals surface area contributed by atoms with Crippen molar-refractivity contribution >= 4 is 69.3 Å². The minimum Gasteiger partial charge on any atom is -0.493 e. The number of imide groups is 2. The molecule has 3 fully saturated rings. The van der Waals surface area contributed by atoms with Crippen LogP contribution in [0.2, 0.25) is 0 Å². The number of nitrogens with zero attached hydrogens (tertiary/aromatic N) is 4. The van der Waals surface area contributed by atoms with Crippen LogP contribution in [0.3, 0.4) is 0 Å². The molecule has 67 heavy (non-hydrogen) atoms. The highest BCUT2D eigenvalue weighted by Crippen LogP contribution is 2.48. The molecular formula is C48H45FN8O10. The Bertz CT molecular complexity index is 2810. The Morgan fingerprint density at radius 3 is 2.21 bits per heavy atom. The minimum atomic E-state index is -1.20. The quantitative estimate of drug-likeness (QED) is 0.0838. The summed E-state index contributed by atoms with van der Waals surface area (Å²) in [7, 11) is 1.54. The van der Waals surface area contributed by atoms with Gasteiger partial charge in [0, 0.05) is 73.9 Å². The molecule has 4 heterocycles. The third kappa shape index (κ3) is 9.17. The van der Waals surface area contributed by atoms with Crippen LogP contribution < -0.4 is 35.5 Å². The van der Waals surface area contributed by atoms with Gasteiger partial charge in [-0.25, -0.2) is 4.39 Å². The van der Waals surface area contributed by atoms with Crippen molar-refractivity contribution in [2.45, 2.75) is 31.7 Å². The van der Waals surface area contributed by atoms with Crippen LogP contribution in [0, 0.1) is 11.2 Å². The maximum atomic E-state index is 13.4. The number of piperazine rings is 1. The number of aromatic nitrogens is 1. The summed E-state index contributed by atoms with van der Waals surface area (Å²) in [6.45, 7) is 2.94. The van der Waals surface area contributed by atoms with Crippen LogP contribution in [0.15, 0.2) is 91.1 Å². The van der Waals surface area contributed by atoms with E-state index in [1.165, 1.54) is 30.3 Å². The summed E-state index contributed by atoms with van der Waals surface area (Å²) in [5, 5.41) is 11.4. The number of carbonyl (C=O) groups is 7. The molecule has 1 atom stereocenters. The summed E-state index contributed by atoms with van der Waals surface area (Å²) in [6, 6.07) is 21.0. The average Bonchev–Trinajstić information content (AvgIpc) is 4.11. The van der Waals surface area contributed by atoms with E-state index in [9.17, 15) is 38.0 Å². The summed E-state index contributed by atoms with van der Waals surface area (Å²) in [5.41, 5.74) is 0.829. The van der Waals surface area contributed by atoms with Gasteiger partial charge in [0.05, 0.1) is 30.3 Å². The van der Waals surface area contributed by atoms with Gasteiger partial charge in [0.1, 0.15) is 35.4 Å². The zero-order chi connectivity index (χ0) is 46.8. The highest BCUT2D eigenvalue weighted by atomic mass is 19.1. The molecule has 1 saturated carbocycles. The molecule has 19 heteroatoms. The minimum absolute atomic E-state index is 0.0151. The zero-order valence-corrected chi connectivity index (χ0v) is 36.3. The Morgan fingerprint density at radius 2 is 1.54 bits per heavy atom. The number of ether oxygens (including phenoxy) is 3. The zero-order valence-electron chi connectivity index (χ0n) is 36.3. The maximum Gasteiger partial charge on any atom is 0.264 e. The first-order chi connectivity index (χ1) is 32.4. The van der Waals surface area contributed by atoms with Gasteiger partial charge in [-0.3, -0.25) is 53.7 Å². The molecule has 7 amide bonds. The highest BCUT2D eigenvalue weighted by Gasteiger charge is 2.56. The van der Waals surface area contributed by atoms with E-state index < -0.39 is 52.7 Å². The fourth-order valence-electron chi connectivity index (χ4n) is 8.39. The van der Waals surface area contributed by atoms with Crippen molar-refractivity contribution in [2.75, 3.05) is 68.9 Å². The Kier molecular flexibility index (Phi) is 12.2. The van der Waals surface area contributed by atoms with E-state index in [1.54, 1.807) is 72.8 Å². The van der Waals surface area contributed by atoms with E-state index in [4.69, 9.17) is 14.2 Å².